The zero-order valence-electron chi connectivity index (χ0n) is 14.1. The largest absolute Gasteiger partial charge is 0.493 e. The molecule has 2 aromatic carbocycles. The molecule has 0 aromatic heterocycles. The van der Waals surface area contributed by atoms with Crippen LogP contribution >= 0.6 is 0 Å². The topological polar surface area (TPSA) is 108 Å². The highest BCUT2D eigenvalue weighted by atomic mass is 32.2. The third kappa shape index (κ3) is 3.69. The van der Waals surface area contributed by atoms with Crippen molar-refractivity contribution in [2.24, 2.45) is 5.73 Å². The van der Waals surface area contributed by atoms with Gasteiger partial charge in [-0.15, -0.1) is 0 Å². The molecule has 1 amide bonds. The minimum Gasteiger partial charge on any atom is -0.493 e. The van der Waals surface area contributed by atoms with E-state index >= 15 is 0 Å². The summed E-state index contributed by atoms with van der Waals surface area (Å²) in [5.41, 5.74) is 4.03. The minimum absolute atomic E-state index is 0.149. The lowest BCUT2D eigenvalue weighted by Gasteiger charge is -2.15. The monoisotopic (exact) mass is 386 g/mol. The highest BCUT2D eigenvalue weighted by Crippen LogP contribution is 2.33. The molecule has 0 unspecified atom stereocenters. The van der Waals surface area contributed by atoms with Crippen LogP contribution in [0.25, 0.3) is 0 Å². The number of methoxy groups -OCH3 is 2. The Morgan fingerprint density at radius 2 is 1.62 bits per heavy atom. The Morgan fingerprint density at radius 3 is 2.15 bits per heavy atom. The molecule has 0 atom stereocenters. The number of amides is 1. The van der Waals surface area contributed by atoms with Gasteiger partial charge in [0.2, 0.25) is 0 Å². The molecule has 26 heavy (non-hydrogen) atoms. The van der Waals surface area contributed by atoms with Gasteiger partial charge in [0.05, 0.1) is 30.4 Å². The van der Waals surface area contributed by atoms with E-state index in [1.807, 2.05) is 4.72 Å². The van der Waals surface area contributed by atoms with Crippen molar-refractivity contribution in [1.82, 2.24) is 0 Å². The van der Waals surface area contributed by atoms with Gasteiger partial charge in [0.15, 0.2) is 11.5 Å². The number of rotatable bonds is 6. The number of halogens is 2. The van der Waals surface area contributed by atoms with Gasteiger partial charge in [-0.3, -0.25) is 9.52 Å². The Morgan fingerprint density at radius 1 is 1.04 bits per heavy atom. The molecular weight excluding hydrogens is 370 g/mol. The summed E-state index contributed by atoms with van der Waals surface area (Å²) in [6, 6.07) is 3.70. The van der Waals surface area contributed by atoms with E-state index in [4.69, 9.17) is 15.2 Å². The maximum atomic E-state index is 13.9. The van der Waals surface area contributed by atoms with Crippen molar-refractivity contribution in [1.29, 1.82) is 0 Å². The van der Waals surface area contributed by atoms with Crippen molar-refractivity contribution >= 4 is 21.6 Å². The Labute approximate surface area is 148 Å². The van der Waals surface area contributed by atoms with Gasteiger partial charge in [0.25, 0.3) is 15.9 Å². The predicted molar refractivity (Wildman–Crippen MR) is 90.0 cm³/mol. The molecule has 0 bridgehead atoms. The second-order valence-electron chi connectivity index (χ2n) is 5.25. The van der Waals surface area contributed by atoms with E-state index in [2.05, 4.69) is 0 Å². The fourth-order valence-corrected chi connectivity index (χ4v) is 3.57. The summed E-state index contributed by atoms with van der Waals surface area (Å²) in [7, 11) is -1.56. The van der Waals surface area contributed by atoms with Crippen LogP contribution in [0.3, 0.4) is 0 Å². The number of carbonyl (C=O) groups excluding carboxylic acids is 1. The van der Waals surface area contributed by atoms with E-state index in [9.17, 15) is 22.0 Å². The van der Waals surface area contributed by atoms with Crippen molar-refractivity contribution in [2.75, 3.05) is 18.9 Å². The van der Waals surface area contributed by atoms with Crippen LogP contribution in [0.2, 0.25) is 0 Å². The van der Waals surface area contributed by atoms with Gasteiger partial charge < -0.3 is 15.2 Å². The van der Waals surface area contributed by atoms with Gasteiger partial charge in [-0.2, -0.15) is 0 Å². The average Bonchev–Trinajstić information content (AvgIpc) is 2.56. The molecule has 0 saturated carbocycles. The highest BCUT2D eigenvalue weighted by Gasteiger charge is 2.23. The zero-order valence-corrected chi connectivity index (χ0v) is 14.9. The van der Waals surface area contributed by atoms with Crippen LogP contribution in [0.1, 0.15) is 15.9 Å². The van der Waals surface area contributed by atoms with Gasteiger partial charge in [0, 0.05) is 12.1 Å². The van der Waals surface area contributed by atoms with E-state index in [1.54, 1.807) is 0 Å². The molecule has 0 radical (unpaired) electrons. The molecule has 0 aliphatic rings. The standard InChI is InChI=1S/C16H16F2N2O5S/c1-8-4-13(24-2)14(25-3)7-15(8)26(22,23)20-12-5-9(16(19)21)10(17)6-11(12)18/h4-7,20H,1-3H3,(H2,19,21). The van der Waals surface area contributed by atoms with Crippen LogP contribution in [-0.4, -0.2) is 28.5 Å². The fourth-order valence-electron chi connectivity index (χ4n) is 2.27. The maximum absolute atomic E-state index is 13.9. The predicted octanol–water partition coefficient (Wildman–Crippen LogP) is 2.19. The lowest BCUT2D eigenvalue weighted by atomic mass is 10.2. The van der Waals surface area contributed by atoms with Crippen LogP contribution in [0.15, 0.2) is 29.2 Å². The van der Waals surface area contributed by atoms with Gasteiger partial charge in [-0.1, -0.05) is 0 Å². The summed E-state index contributed by atoms with van der Waals surface area (Å²) in [6.07, 6.45) is 0. The normalized spacial score (nSPS) is 11.1. The summed E-state index contributed by atoms with van der Waals surface area (Å²) >= 11 is 0. The van der Waals surface area contributed by atoms with Crippen molar-refractivity contribution in [3.63, 3.8) is 0 Å². The van der Waals surface area contributed by atoms with Crippen molar-refractivity contribution < 1.29 is 31.5 Å². The summed E-state index contributed by atoms with van der Waals surface area (Å²) < 4.78 is 64.9. The molecule has 0 aliphatic heterocycles. The number of aryl methyl sites for hydroxylation is 1. The van der Waals surface area contributed by atoms with Gasteiger partial charge in [-0.25, -0.2) is 17.2 Å². The van der Waals surface area contributed by atoms with Crippen molar-refractivity contribution in [2.45, 2.75) is 11.8 Å². The Bertz CT molecular complexity index is 977. The second-order valence-corrected chi connectivity index (χ2v) is 6.91. The number of nitrogens with one attached hydrogen (secondary N) is 1. The number of carbonyl (C=O) groups is 1. The molecule has 0 heterocycles. The molecule has 0 fully saturated rings. The van der Waals surface area contributed by atoms with E-state index in [0.29, 0.717) is 23.4 Å². The minimum atomic E-state index is -4.28. The molecule has 140 valence electrons. The molecule has 2 rings (SSSR count). The number of nitrogens with two attached hydrogens (primary N) is 1. The van der Waals surface area contributed by atoms with Crippen molar-refractivity contribution in [3.05, 3.63) is 47.0 Å². The summed E-state index contributed by atoms with van der Waals surface area (Å²) in [5.74, 6) is -3.09. The zero-order chi connectivity index (χ0) is 19.6. The van der Waals surface area contributed by atoms with E-state index < -0.39 is 38.8 Å². The van der Waals surface area contributed by atoms with Crippen LogP contribution in [0.5, 0.6) is 11.5 Å². The number of benzene rings is 2. The highest BCUT2D eigenvalue weighted by molar-refractivity contribution is 7.92. The number of hydrogen-bond donors (Lipinski definition) is 2. The number of anilines is 1. The Balaban J connectivity index is 2.54. The first-order chi connectivity index (χ1) is 12.1. The molecule has 0 saturated heterocycles. The summed E-state index contributed by atoms with van der Waals surface area (Å²) in [6.45, 7) is 1.51. The third-order valence-electron chi connectivity index (χ3n) is 3.54. The van der Waals surface area contributed by atoms with Crippen LogP contribution < -0.4 is 19.9 Å². The van der Waals surface area contributed by atoms with Crippen LogP contribution in [0.4, 0.5) is 14.5 Å². The van der Waals surface area contributed by atoms with Gasteiger partial charge >= 0.3 is 0 Å². The van der Waals surface area contributed by atoms with Crippen LogP contribution in [-0.2, 0) is 10.0 Å². The Kier molecular flexibility index (Phi) is 5.36. The van der Waals surface area contributed by atoms with Crippen LogP contribution in [0, 0.1) is 18.6 Å². The lowest BCUT2D eigenvalue weighted by Crippen LogP contribution is -2.18. The third-order valence-corrected chi connectivity index (χ3v) is 5.04. The molecule has 2 aromatic rings. The molecule has 0 spiro atoms. The molecule has 0 aliphatic carbocycles. The first-order valence-corrected chi connectivity index (χ1v) is 8.63. The molecule has 3 N–H and O–H groups in total. The average molecular weight is 386 g/mol. The molecular formula is C16H16F2N2O5S. The fraction of sp³-hybridized carbons (Fsp3) is 0.188. The SMILES string of the molecule is COc1cc(C)c(S(=O)(=O)Nc2cc(C(N)=O)c(F)cc2F)cc1OC. The Hall–Kier alpha value is -2.88. The number of ether oxygens (including phenoxy) is 2. The molecule has 10 heteroatoms. The van der Waals surface area contributed by atoms with Gasteiger partial charge in [-0.05, 0) is 24.6 Å². The summed E-state index contributed by atoms with van der Waals surface area (Å²) in [5, 5.41) is 0. The number of hydrogen-bond acceptors (Lipinski definition) is 5. The lowest BCUT2D eigenvalue weighted by molar-refractivity contribution is 0.0996. The molecule has 7 nitrogen and oxygen atoms in total. The van der Waals surface area contributed by atoms with E-state index in [1.165, 1.54) is 33.3 Å². The summed E-state index contributed by atoms with van der Waals surface area (Å²) in [4.78, 5) is 11.0. The maximum Gasteiger partial charge on any atom is 0.262 e. The van der Waals surface area contributed by atoms with E-state index in [-0.39, 0.29) is 10.6 Å². The quantitative estimate of drug-likeness (QED) is 0.791. The smallest absolute Gasteiger partial charge is 0.262 e. The van der Waals surface area contributed by atoms with Gasteiger partial charge in [0.1, 0.15) is 11.6 Å². The number of primary amides is 1. The van der Waals surface area contributed by atoms with Crippen molar-refractivity contribution in [3.8, 4) is 11.5 Å². The second kappa shape index (κ2) is 7.16. The number of sulfonamides is 1. The first kappa shape index (κ1) is 19.4. The first-order valence-electron chi connectivity index (χ1n) is 7.15. The van der Waals surface area contributed by atoms with E-state index in [0.717, 1.165) is 0 Å².